The van der Waals surface area contributed by atoms with Crippen LogP contribution in [-0.4, -0.2) is 64.4 Å². The van der Waals surface area contributed by atoms with Gasteiger partial charge in [0, 0.05) is 64.4 Å². The average molecular weight is 269 g/mol. The van der Waals surface area contributed by atoms with Gasteiger partial charge in [0.25, 0.3) is 0 Å². The topological polar surface area (TPSA) is 60.1 Å². The molecule has 0 aromatic carbocycles. The highest BCUT2D eigenvalue weighted by Crippen LogP contribution is 2.18. The van der Waals surface area contributed by atoms with Gasteiger partial charge in [0.1, 0.15) is 0 Å². The maximum atomic E-state index is 3.73. The Morgan fingerprint density at radius 2 is 0.842 bits per heavy atom. The quantitative estimate of drug-likeness (QED) is 0.401. The molecule has 0 aromatic rings. The van der Waals surface area contributed by atoms with Crippen molar-refractivity contribution in [3.8, 4) is 0 Å². The molecule has 112 valence electrons. The molecule has 2 fully saturated rings. The fraction of sp³-hybridized carbons (Fsp3) is 1.00. The van der Waals surface area contributed by atoms with Crippen LogP contribution in [0.3, 0.4) is 0 Å². The molecule has 19 heavy (non-hydrogen) atoms. The van der Waals surface area contributed by atoms with Crippen LogP contribution in [0.5, 0.6) is 0 Å². The molecule has 1 aliphatic carbocycles. The molecule has 1 aliphatic heterocycles. The van der Waals surface area contributed by atoms with Gasteiger partial charge in [-0.3, -0.25) is 0 Å². The van der Waals surface area contributed by atoms with Gasteiger partial charge in [0.2, 0.25) is 0 Å². The van der Waals surface area contributed by atoms with Crippen molar-refractivity contribution in [3.05, 3.63) is 0 Å². The Kier molecular flexibility index (Phi) is 7.73. The largest absolute Gasteiger partial charge is 0.314 e. The summed E-state index contributed by atoms with van der Waals surface area (Å²) in [6.07, 6.45) is 5.41. The summed E-state index contributed by atoms with van der Waals surface area (Å²) in [5.74, 6) is 0. The highest BCUT2D eigenvalue weighted by molar-refractivity contribution is 4.86. The maximum absolute atomic E-state index is 3.73. The first-order chi connectivity index (χ1) is 9.47. The highest BCUT2D eigenvalue weighted by atomic mass is 15.1. The Hall–Kier alpha value is -0.200. The van der Waals surface area contributed by atoms with E-state index in [2.05, 4.69) is 26.6 Å². The number of hydrogen-bond donors (Lipinski definition) is 5. The van der Waals surface area contributed by atoms with Gasteiger partial charge >= 0.3 is 0 Å². The molecule has 1 saturated heterocycles. The Labute approximate surface area is 117 Å². The van der Waals surface area contributed by atoms with Crippen LogP contribution in [0.1, 0.15) is 25.7 Å². The van der Waals surface area contributed by atoms with Crippen molar-refractivity contribution < 1.29 is 0 Å². The second-order valence-electron chi connectivity index (χ2n) is 5.66. The molecule has 0 radical (unpaired) electrons. The predicted octanol–water partition coefficient (Wildman–Crippen LogP) is -0.741. The molecule has 1 saturated carbocycles. The van der Waals surface area contributed by atoms with Crippen LogP contribution in [0.25, 0.3) is 0 Å². The van der Waals surface area contributed by atoms with E-state index in [1.165, 1.54) is 25.7 Å². The van der Waals surface area contributed by atoms with Crippen molar-refractivity contribution in [2.24, 2.45) is 0 Å². The first-order valence-corrected chi connectivity index (χ1v) is 8.06. The van der Waals surface area contributed by atoms with Crippen LogP contribution in [0.15, 0.2) is 0 Å². The minimum absolute atomic E-state index is 0.666. The lowest BCUT2D eigenvalue weighted by Crippen LogP contribution is -2.52. The van der Waals surface area contributed by atoms with Gasteiger partial charge in [-0.05, 0) is 12.8 Å². The third kappa shape index (κ3) is 6.19. The van der Waals surface area contributed by atoms with Crippen LogP contribution < -0.4 is 26.6 Å². The third-order valence-corrected chi connectivity index (χ3v) is 4.14. The lowest BCUT2D eigenvalue weighted by atomic mass is 9.90. The summed E-state index contributed by atoms with van der Waals surface area (Å²) in [6.45, 7) is 8.56. The Morgan fingerprint density at radius 3 is 1.26 bits per heavy atom. The highest BCUT2D eigenvalue weighted by Gasteiger charge is 2.23. The van der Waals surface area contributed by atoms with Gasteiger partial charge in [-0.25, -0.2) is 0 Å². The van der Waals surface area contributed by atoms with E-state index in [-0.39, 0.29) is 0 Å². The van der Waals surface area contributed by atoms with Crippen LogP contribution >= 0.6 is 0 Å². The molecule has 5 N–H and O–H groups in total. The van der Waals surface area contributed by atoms with Gasteiger partial charge in [0.05, 0.1) is 0 Å². The minimum Gasteiger partial charge on any atom is -0.314 e. The van der Waals surface area contributed by atoms with Gasteiger partial charge in [0.15, 0.2) is 0 Å². The van der Waals surface area contributed by atoms with Gasteiger partial charge in [-0.2, -0.15) is 0 Å². The fourth-order valence-corrected chi connectivity index (χ4v) is 3.04. The molecular formula is C14H31N5. The molecule has 5 heteroatoms. The van der Waals surface area contributed by atoms with Crippen LogP contribution in [0.2, 0.25) is 0 Å². The summed E-state index contributed by atoms with van der Waals surface area (Å²) in [5.41, 5.74) is 0. The van der Waals surface area contributed by atoms with E-state index in [9.17, 15) is 0 Å². The normalized spacial score (nSPS) is 32.8. The van der Waals surface area contributed by atoms with Crippen molar-refractivity contribution in [1.29, 1.82) is 0 Å². The van der Waals surface area contributed by atoms with E-state index >= 15 is 0 Å². The summed E-state index contributed by atoms with van der Waals surface area (Å²) in [6, 6.07) is 1.33. The SMILES string of the molecule is C1CC[C@H]2NCCNCCNCCNCCN[C@H]2C1. The van der Waals surface area contributed by atoms with Crippen molar-refractivity contribution in [2.45, 2.75) is 37.8 Å². The minimum atomic E-state index is 0.666. The van der Waals surface area contributed by atoms with Crippen molar-refractivity contribution in [2.75, 3.05) is 52.4 Å². The van der Waals surface area contributed by atoms with Crippen LogP contribution in [0.4, 0.5) is 0 Å². The van der Waals surface area contributed by atoms with E-state index in [1.54, 1.807) is 0 Å². The Balaban J connectivity index is 1.74. The standard InChI is InChI=1S/C14H31N5/c1-2-4-14-13(3-1)18-11-9-16-7-5-15-6-8-17-10-12-19-14/h13-19H,1-12H2/t13-,14+. The summed E-state index contributed by atoms with van der Waals surface area (Å²) < 4.78 is 0. The molecular weight excluding hydrogens is 238 g/mol. The maximum Gasteiger partial charge on any atom is 0.0221 e. The monoisotopic (exact) mass is 269 g/mol. The predicted molar refractivity (Wildman–Crippen MR) is 80.7 cm³/mol. The molecule has 1 heterocycles. The molecule has 2 atom stereocenters. The second-order valence-corrected chi connectivity index (χ2v) is 5.66. The zero-order chi connectivity index (χ0) is 13.2. The fourth-order valence-electron chi connectivity index (χ4n) is 3.04. The van der Waals surface area contributed by atoms with Crippen molar-refractivity contribution in [3.63, 3.8) is 0 Å². The first kappa shape index (κ1) is 15.2. The molecule has 0 unspecified atom stereocenters. The van der Waals surface area contributed by atoms with E-state index in [0.717, 1.165) is 52.4 Å². The lowest BCUT2D eigenvalue weighted by molar-refractivity contribution is 0.285. The molecule has 0 aromatic heterocycles. The van der Waals surface area contributed by atoms with Gasteiger partial charge in [-0.1, -0.05) is 12.8 Å². The summed E-state index contributed by atoms with van der Waals surface area (Å²) in [7, 11) is 0. The summed E-state index contributed by atoms with van der Waals surface area (Å²) >= 11 is 0. The summed E-state index contributed by atoms with van der Waals surface area (Å²) in [4.78, 5) is 0. The molecule has 0 bridgehead atoms. The van der Waals surface area contributed by atoms with Crippen LogP contribution in [-0.2, 0) is 0 Å². The van der Waals surface area contributed by atoms with Crippen LogP contribution in [0, 0.1) is 0 Å². The van der Waals surface area contributed by atoms with Gasteiger partial charge in [-0.15, -0.1) is 0 Å². The third-order valence-electron chi connectivity index (χ3n) is 4.14. The molecule has 2 rings (SSSR count). The Bertz CT molecular complexity index is 202. The second kappa shape index (κ2) is 9.66. The lowest BCUT2D eigenvalue weighted by Gasteiger charge is -2.33. The zero-order valence-electron chi connectivity index (χ0n) is 12.1. The Morgan fingerprint density at radius 1 is 0.474 bits per heavy atom. The van der Waals surface area contributed by atoms with Crippen molar-refractivity contribution in [1.82, 2.24) is 26.6 Å². The van der Waals surface area contributed by atoms with E-state index in [1.807, 2.05) is 0 Å². The summed E-state index contributed by atoms with van der Waals surface area (Å²) in [5, 5.41) is 17.9. The van der Waals surface area contributed by atoms with Gasteiger partial charge < -0.3 is 26.6 Å². The molecule has 2 aliphatic rings. The number of nitrogens with one attached hydrogen (secondary N) is 5. The van der Waals surface area contributed by atoms with E-state index in [4.69, 9.17) is 0 Å². The smallest absolute Gasteiger partial charge is 0.0221 e. The molecule has 5 nitrogen and oxygen atoms in total. The van der Waals surface area contributed by atoms with Crippen molar-refractivity contribution >= 4 is 0 Å². The number of fused-ring (bicyclic) bond motifs is 1. The van der Waals surface area contributed by atoms with E-state index < -0.39 is 0 Å². The molecule has 0 spiro atoms. The number of rotatable bonds is 0. The molecule has 0 amide bonds. The average Bonchev–Trinajstić information content (AvgIpc) is 2.45. The van der Waals surface area contributed by atoms with E-state index in [0.29, 0.717) is 12.1 Å². The zero-order valence-corrected chi connectivity index (χ0v) is 12.1. The number of hydrogen-bond acceptors (Lipinski definition) is 5. The first-order valence-electron chi connectivity index (χ1n) is 8.06.